The minimum atomic E-state index is -0.475. The zero-order chi connectivity index (χ0) is 9.14. The number of rotatable bonds is 3. The molecule has 1 fully saturated rings. The van der Waals surface area contributed by atoms with E-state index < -0.39 is 6.10 Å². The summed E-state index contributed by atoms with van der Waals surface area (Å²) in [7, 11) is 0. The minimum Gasteiger partial charge on any atom is -0.396 e. The van der Waals surface area contributed by atoms with E-state index in [9.17, 15) is 5.11 Å². The van der Waals surface area contributed by atoms with Crippen LogP contribution in [0.25, 0.3) is 0 Å². The molecule has 0 aromatic heterocycles. The third-order valence-corrected chi connectivity index (χ3v) is 2.37. The van der Waals surface area contributed by atoms with Crippen molar-refractivity contribution in [2.24, 2.45) is 5.92 Å². The Kier molecular flexibility index (Phi) is 3.50. The van der Waals surface area contributed by atoms with Crippen LogP contribution in [0.5, 0.6) is 0 Å². The highest BCUT2D eigenvalue weighted by molar-refractivity contribution is 4.85. The van der Waals surface area contributed by atoms with Gasteiger partial charge in [0.05, 0.1) is 18.3 Å². The predicted molar refractivity (Wildman–Crippen MR) is 45.8 cm³/mol. The molecule has 0 spiro atoms. The quantitative estimate of drug-likeness (QED) is 0.656. The van der Waals surface area contributed by atoms with Gasteiger partial charge in [-0.3, -0.25) is 0 Å². The second-order valence-electron chi connectivity index (χ2n) is 3.73. The van der Waals surface area contributed by atoms with Gasteiger partial charge in [-0.2, -0.15) is 0 Å². The zero-order valence-corrected chi connectivity index (χ0v) is 7.73. The van der Waals surface area contributed by atoms with Crippen LogP contribution in [0.2, 0.25) is 0 Å². The van der Waals surface area contributed by atoms with E-state index in [1.54, 1.807) is 0 Å². The summed E-state index contributed by atoms with van der Waals surface area (Å²) in [4.78, 5) is 0. The summed E-state index contributed by atoms with van der Waals surface area (Å²) in [6.07, 6.45) is 1.35. The average Bonchev–Trinajstić information content (AvgIpc) is 2.32. The third-order valence-electron chi connectivity index (χ3n) is 2.37. The summed E-state index contributed by atoms with van der Waals surface area (Å²) in [6, 6.07) is 0. The number of aliphatic hydroxyl groups is 2. The summed E-state index contributed by atoms with van der Waals surface area (Å²) in [5, 5.41) is 18.5. The van der Waals surface area contributed by atoms with Gasteiger partial charge in [0.1, 0.15) is 0 Å². The maximum absolute atomic E-state index is 9.61. The van der Waals surface area contributed by atoms with Gasteiger partial charge in [-0.1, -0.05) is 0 Å². The van der Waals surface area contributed by atoms with Crippen LogP contribution in [0.3, 0.4) is 0 Å². The Morgan fingerprint density at radius 1 is 1.42 bits per heavy atom. The topological polar surface area (TPSA) is 49.7 Å². The molecular weight excluding hydrogens is 156 g/mol. The number of hydrogen-bond acceptors (Lipinski definition) is 3. The molecule has 0 unspecified atom stereocenters. The first-order chi connectivity index (χ1) is 5.65. The molecule has 0 radical (unpaired) electrons. The van der Waals surface area contributed by atoms with Gasteiger partial charge in [0.25, 0.3) is 0 Å². The van der Waals surface area contributed by atoms with Crippen LogP contribution >= 0.6 is 0 Å². The Bertz CT molecular complexity index is 136. The fourth-order valence-electron chi connectivity index (χ4n) is 1.72. The van der Waals surface area contributed by atoms with Crippen molar-refractivity contribution in [3.05, 3.63) is 0 Å². The molecule has 72 valence electrons. The van der Waals surface area contributed by atoms with E-state index in [1.807, 2.05) is 13.8 Å². The SMILES string of the molecule is CC(C)O[C@@H]1CC[C@@H](CO)[C@@H]1O. The first-order valence-corrected chi connectivity index (χ1v) is 4.59. The molecule has 1 saturated carbocycles. The van der Waals surface area contributed by atoms with E-state index in [0.717, 1.165) is 12.8 Å². The monoisotopic (exact) mass is 174 g/mol. The van der Waals surface area contributed by atoms with Crippen molar-refractivity contribution < 1.29 is 14.9 Å². The second kappa shape index (κ2) is 4.21. The van der Waals surface area contributed by atoms with Crippen LogP contribution in [0.15, 0.2) is 0 Å². The Morgan fingerprint density at radius 2 is 2.08 bits per heavy atom. The molecule has 1 aliphatic carbocycles. The molecule has 2 N–H and O–H groups in total. The van der Waals surface area contributed by atoms with Crippen molar-refractivity contribution in [2.45, 2.75) is 45.0 Å². The van der Waals surface area contributed by atoms with Gasteiger partial charge in [-0.25, -0.2) is 0 Å². The van der Waals surface area contributed by atoms with Gasteiger partial charge < -0.3 is 14.9 Å². The summed E-state index contributed by atoms with van der Waals surface area (Å²) >= 11 is 0. The minimum absolute atomic E-state index is 0.0220. The van der Waals surface area contributed by atoms with Crippen molar-refractivity contribution in [1.29, 1.82) is 0 Å². The van der Waals surface area contributed by atoms with Crippen LogP contribution in [0.4, 0.5) is 0 Å². The molecule has 3 atom stereocenters. The molecule has 3 heteroatoms. The van der Waals surface area contributed by atoms with E-state index in [0.29, 0.717) is 0 Å². The van der Waals surface area contributed by atoms with Crippen molar-refractivity contribution in [1.82, 2.24) is 0 Å². The van der Waals surface area contributed by atoms with Crippen molar-refractivity contribution in [3.8, 4) is 0 Å². The Balaban J connectivity index is 2.38. The molecule has 1 rings (SSSR count). The maximum Gasteiger partial charge on any atom is 0.0851 e. The maximum atomic E-state index is 9.61. The lowest BCUT2D eigenvalue weighted by Crippen LogP contribution is -2.31. The first kappa shape index (κ1) is 9.96. The lowest BCUT2D eigenvalue weighted by Gasteiger charge is -2.20. The van der Waals surface area contributed by atoms with Crippen molar-refractivity contribution >= 4 is 0 Å². The van der Waals surface area contributed by atoms with E-state index in [4.69, 9.17) is 9.84 Å². The third kappa shape index (κ3) is 2.19. The van der Waals surface area contributed by atoms with E-state index in [-0.39, 0.29) is 24.7 Å². The van der Waals surface area contributed by atoms with Crippen molar-refractivity contribution in [3.63, 3.8) is 0 Å². The highest BCUT2D eigenvalue weighted by Gasteiger charge is 2.35. The summed E-state index contributed by atoms with van der Waals surface area (Å²) < 4.78 is 5.49. The van der Waals surface area contributed by atoms with Gasteiger partial charge in [0, 0.05) is 12.5 Å². The molecular formula is C9H18O3. The molecule has 0 aromatic rings. The molecule has 1 aliphatic rings. The molecule has 3 nitrogen and oxygen atoms in total. The van der Waals surface area contributed by atoms with Gasteiger partial charge >= 0.3 is 0 Å². The molecule has 0 aromatic carbocycles. The number of ether oxygens (including phenoxy) is 1. The molecule has 0 bridgehead atoms. The fourth-order valence-corrected chi connectivity index (χ4v) is 1.72. The second-order valence-corrected chi connectivity index (χ2v) is 3.73. The molecule has 12 heavy (non-hydrogen) atoms. The predicted octanol–water partition coefficient (Wildman–Crippen LogP) is 0.543. The van der Waals surface area contributed by atoms with E-state index >= 15 is 0 Å². The lowest BCUT2D eigenvalue weighted by molar-refractivity contribution is -0.0637. The van der Waals surface area contributed by atoms with Crippen molar-refractivity contribution in [2.75, 3.05) is 6.61 Å². The standard InChI is InChI=1S/C9H18O3/c1-6(2)12-8-4-3-7(5-10)9(8)11/h6-11H,3-5H2,1-2H3/t7-,8+,9-/m0/s1. The number of hydrogen-bond donors (Lipinski definition) is 2. The Morgan fingerprint density at radius 3 is 2.50 bits per heavy atom. The molecule has 0 amide bonds. The highest BCUT2D eigenvalue weighted by atomic mass is 16.5. The normalized spacial score (nSPS) is 36.2. The summed E-state index contributed by atoms with van der Waals surface area (Å²) in [5.74, 6) is 0.0220. The summed E-state index contributed by atoms with van der Waals surface area (Å²) in [6.45, 7) is 3.98. The fraction of sp³-hybridized carbons (Fsp3) is 1.00. The Hall–Kier alpha value is -0.120. The van der Waals surface area contributed by atoms with E-state index in [2.05, 4.69) is 0 Å². The molecule has 0 heterocycles. The van der Waals surface area contributed by atoms with Crippen LogP contribution in [-0.4, -0.2) is 35.1 Å². The van der Waals surface area contributed by atoms with Crippen LogP contribution in [0.1, 0.15) is 26.7 Å². The van der Waals surface area contributed by atoms with Gasteiger partial charge in [-0.05, 0) is 26.7 Å². The highest BCUT2D eigenvalue weighted by Crippen LogP contribution is 2.28. The van der Waals surface area contributed by atoms with Gasteiger partial charge in [-0.15, -0.1) is 0 Å². The van der Waals surface area contributed by atoms with Gasteiger partial charge in [0.2, 0.25) is 0 Å². The molecule has 0 saturated heterocycles. The Labute approximate surface area is 73.4 Å². The van der Waals surface area contributed by atoms with E-state index in [1.165, 1.54) is 0 Å². The summed E-state index contributed by atoms with van der Waals surface area (Å²) in [5.41, 5.74) is 0. The largest absolute Gasteiger partial charge is 0.396 e. The van der Waals surface area contributed by atoms with Crippen LogP contribution in [0, 0.1) is 5.92 Å². The smallest absolute Gasteiger partial charge is 0.0851 e. The first-order valence-electron chi connectivity index (χ1n) is 4.59. The average molecular weight is 174 g/mol. The zero-order valence-electron chi connectivity index (χ0n) is 7.73. The number of aliphatic hydroxyl groups excluding tert-OH is 2. The molecule has 0 aliphatic heterocycles. The van der Waals surface area contributed by atoms with Gasteiger partial charge in [0.15, 0.2) is 0 Å². The lowest BCUT2D eigenvalue weighted by atomic mass is 10.1. The van der Waals surface area contributed by atoms with Crippen LogP contribution in [-0.2, 0) is 4.74 Å². The van der Waals surface area contributed by atoms with Crippen LogP contribution < -0.4 is 0 Å².